The quantitative estimate of drug-likeness (QED) is 0.384. The van der Waals surface area contributed by atoms with Crippen molar-refractivity contribution in [3.05, 3.63) is 83.8 Å². The van der Waals surface area contributed by atoms with Crippen molar-refractivity contribution in [1.82, 2.24) is 0 Å². The van der Waals surface area contributed by atoms with Gasteiger partial charge in [0.05, 0.1) is 0 Å². The third-order valence-electron chi connectivity index (χ3n) is 3.15. The van der Waals surface area contributed by atoms with E-state index >= 15 is 0 Å². The fourth-order valence-electron chi connectivity index (χ4n) is 2.03. The van der Waals surface area contributed by atoms with Crippen LogP contribution >= 0.6 is 11.8 Å². The molecule has 0 radical (unpaired) electrons. The number of rotatable bonds is 8. The predicted molar refractivity (Wildman–Crippen MR) is 108 cm³/mol. The Labute approximate surface area is 140 Å². The molecular weight excluding hydrogens is 283 g/mol. The third-order valence-corrected chi connectivity index (χ3v) is 3.97. The number of allylic oxidation sites excluding steroid dienone is 8. The Kier molecular flexibility index (Phi) is 9.17. The topological polar surface area (TPSA) is 0 Å². The molecule has 0 bridgehead atoms. The van der Waals surface area contributed by atoms with Crippen LogP contribution in [-0.2, 0) is 0 Å². The van der Waals surface area contributed by atoms with E-state index in [1.54, 1.807) is 0 Å². The minimum Gasteiger partial charge on any atom is -0.134 e. The molecule has 0 N–H and O–H groups in total. The van der Waals surface area contributed by atoms with Crippen LogP contribution in [0.15, 0.2) is 72.7 Å². The molecule has 114 valence electrons. The van der Waals surface area contributed by atoms with Crippen LogP contribution in [0.25, 0.3) is 5.57 Å². The number of hydrogen-bond acceptors (Lipinski definition) is 1. The number of hydrogen-bond donors (Lipinski definition) is 0. The minimum absolute atomic E-state index is 1.06. The van der Waals surface area contributed by atoms with Crippen LogP contribution in [0.5, 0.6) is 0 Å². The molecule has 0 atom stereocenters. The summed E-state index contributed by atoms with van der Waals surface area (Å²) in [6, 6.07) is 6.48. The Morgan fingerprint density at radius 1 is 1.23 bits per heavy atom. The Hall–Kier alpha value is -1.67. The standard InChI is InChI=1S/C20H25BS/c1-4-5-9-14-22-15-10-7-6-8-11-18(3)19-13-12-17(2)16-20(19)21/h4-9,11-14,16H,3,10,15,21H2,1-2H3/b5-4-,7-6-,11-8-,14-9+. The summed E-state index contributed by atoms with van der Waals surface area (Å²) in [5.74, 6) is 1.11. The Morgan fingerprint density at radius 3 is 2.77 bits per heavy atom. The van der Waals surface area contributed by atoms with Gasteiger partial charge in [0, 0.05) is 5.75 Å². The molecule has 0 aliphatic rings. The lowest BCUT2D eigenvalue weighted by atomic mass is 9.86. The van der Waals surface area contributed by atoms with Crippen LogP contribution in [0.2, 0.25) is 0 Å². The highest BCUT2D eigenvalue weighted by atomic mass is 32.2. The lowest BCUT2D eigenvalue weighted by molar-refractivity contribution is 1.25. The zero-order valence-corrected chi connectivity index (χ0v) is 14.7. The van der Waals surface area contributed by atoms with Gasteiger partial charge in [-0.15, -0.1) is 11.8 Å². The molecule has 0 aliphatic carbocycles. The zero-order valence-electron chi connectivity index (χ0n) is 13.9. The van der Waals surface area contributed by atoms with E-state index in [0.717, 1.165) is 17.7 Å². The number of benzene rings is 1. The van der Waals surface area contributed by atoms with Crippen LogP contribution < -0.4 is 5.46 Å². The van der Waals surface area contributed by atoms with E-state index in [1.165, 1.54) is 16.6 Å². The molecule has 0 saturated heterocycles. The average Bonchev–Trinajstić information content (AvgIpc) is 2.49. The molecular formula is C20H25BS. The highest BCUT2D eigenvalue weighted by molar-refractivity contribution is 8.02. The van der Waals surface area contributed by atoms with E-state index in [0.29, 0.717) is 0 Å². The maximum atomic E-state index is 4.15. The Bertz CT molecular complexity index is 592. The molecule has 1 aromatic rings. The van der Waals surface area contributed by atoms with Crippen molar-refractivity contribution in [2.45, 2.75) is 20.3 Å². The van der Waals surface area contributed by atoms with Gasteiger partial charge in [-0.05, 0) is 36.8 Å². The number of aryl methyl sites for hydroxylation is 1. The molecule has 0 aromatic heterocycles. The fourth-order valence-corrected chi connectivity index (χ4v) is 2.64. The summed E-state index contributed by atoms with van der Waals surface area (Å²) in [5.41, 5.74) is 4.85. The van der Waals surface area contributed by atoms with Gasteiger partial charge in [-0.25, -0.2) is 0 Å². The van der Waals surface area contributed by atoms with Crippen molar-refractivity contribution in [1.29, 1.82) is 0 Å². The zero-order chi connectivity index (χ0) is 16.2. The van der Waals surface area contributed by atoms with Gasteiger partial charge in [-0.2, -0.15) is 0 Å². The molecule has 0 saturated carbocycles. The molecule has 0 nitrogen and oxygen atoms in total. The molecule has 0 fully saturated rings. The summed E-state index contributed by atoms with van der Waals surface area (Å²) < 4.78 is 0. The van der Waals surface area contributed by atoms with Gasteiger partial charge in [-0.1, -0.05) is 78.3 Å². The molecule has 1 aromatic carbocycles. The van der Waals surface area contributed by atoms with E-state index in [4.69, 9.17) is 0 Å². The minimum atomic E-state index is 1.06. The van der Waals surface area contributed by atoms with Crippen molar-refractivity contribution >= 4 is 30.6 Å². The van der Waals surface area contributed by atoms with Crippen LogP contribution in [0.4, 0.5) is 0 Å². The van der Waals surface area contributed by atoms with Gasteiger partial charge in [0.1, 0.15) is 7.85 Å². The van der Waals surface area contributed by atoms with E-state index < -0.39 is 0 Å². The van der Waals surface area contributed by atoms with Crippen molar-refractivity contribution in [2.75, 3.05) is 5.75 Å². The first-order valence-electron chi connectivity index (χ1n) is 7.64. The molecule has 0 aliphatic heterocycles. The lowest BCUT2D eigenvalue weighted by Gasteiger charge is -2.06. The molecule has 0 spiro atoms. The van der Waals surface area contributed by atoms with Crippen molar-refractivity contribution in [2.24, 2.45) is 0 Å². The van der Waals surface area contributed by atoms with Crippen LogP contribution in [0.3, 0.4) is 0 Å². The van der Waals surface area contributed by atoms with E-state index in [2.05, 4.69) is 75.3 Å². The largest absolute Gasteiger partial charge is 0.140 e. The third kappa shape index (κ3) is 7.37. The normalized spacial score (nSPS) is 12.3. The van der Waals surface area contributed by atoms with E-state index in [1.807, 2.05) is 30.8 Å². The summed E-state index contributed by atoms with van der Waals surface area (Å²) in [6.45, 7) is 8.29. The average molecular weight is 308 g/mol. The molecule has 1 rings (SSSR count). The summed E-state index contributed by atoms with van der Waals surface area (Å²) in [4.78, 5) is 0. The Balaban J connectivity index is 2.35. The SMILES string of the molecule is Bc1cc(C)ccc1C(=C)/C=C\C=C/CCS/C=C/C=C\C. The predicted octanol–water partition coefficient (Wildman–Crippen LogP) is 4.59. The smallest absolute Gasteiger partial charge is 0.134 e. The van der Waals surface area contributed by atoms with Gasteiger partial charge < -0.3 is 0 Å². The van der Waals surface area contributed by atoms with Gasteiger partial charge >= 0.3 is 0 Å². The second-order valence-corrected chi connectivity index (χ2v) is 6.16. The van der Waals surface area contributed by atoms with E-state index in [-0.39, 0.29) is 0 Å². The maximum Gasteiger partial charge on any atom is 0.140 e. The molecule has 2 heteroatoms. The first-order chi connectivity index (χ1) is 10.6. The van der Waals surface area contributed by atoms with Crippen molar-refractivity contribution < 1.29 is 0 Å². The molecule has 0 heterocycles. The van der Waals surface area contributed by atoms with Gasteiger partial charge in [0.15, 0.2) is 0 Å². The lowest BCUT2D eigenvalue weighted by Crippen LogP contribution is -2.08. The summed E-state index contributed by atoms with van der Waals surface area (Å²) in [7, 11) is 2.13. The van der Waals surface area contributed by atoms with Crippen LogP contribution in [-0.4, -0.2) is 13.6 Å². The molecule has 0 amide bonds. The highest BCUT2D eigenvalue weighted by Gasteiger charge is 1.99. The van der Waals surface area contributed by atoms with Crippen LogP contribution in [0.1, 0.15) is 24.5 Å². The van der Waals surface area contributed by atoms with Crippen molar-refractivity contribution in [3.63, 3.8) is 0 Å². The number of thioether (sulfide) groups is 1. The maximum absolute atomic E-state index is 4.15. The second kappa shape index (κ2) is 11.0. The van der Waals surface area contributed by atoms with Crippen LogP contribution in [0, 0.1) is 6.92 Å². The van der Waals surface area contributed by atoms with E-state index in [9.17, 15) is 0 Å². The first-order valence-corrected chi connectivity index (χ1v) is 8.69. The van der Waals surface area contributed by atoms with Gasteiger partial charge in [-0.3, -0.25) is 0 Å². The fraction of sp³-hybridized carbons (Fsp3) is 0.200. The Morgan fingerprint density at radius 2 is 2.05 bits per heavy atom. The van der Waals surface area contributed by atoms with Gasteiger partial charge in [0.25, 0.3) is 0 Å². The summed E-state index contributed by atoms with van der Waals surface area (Å²) >= 11 is 1.83. The monoisotopic (exact) mass is 308 g/mol. The van der Waals surface area contributed by atoms with Crippen molar-refractivity contribution in [3.8, 4) is 0 Å². The molecule has 0 unspecified atom stereocenters. The first kappa shape index (κ1) is 18.4. The summed E-state index contributed by atoms with van der Waals surface area (Å²) in [6.07, 6.45) is 15.7. The highest BCUT2D eigenvalue weighted by Crippen LogP contribution is 2.12. The van der Waals surface area contributed by atoms with Gasteiger partial charge in [0.2, 0.25) is 0 Å². The molecule has 22 heavy (non-hydrogen) atoms. The second-order valence-electron chi connectivity index (χ2n) is 5.14. The summed E-state index contributed by atoms with van der Waals surface area (Å²) in [5, 5.41) is 2.13.